The maximum absolute atomic E-state index is 5.21. The summed E-state index contributed by atoms with van der Waals surface area (Å²) in [5, 5.41) is 0. The molecule has 0 spiro atoms. The lowest BCUT2D eigenvalue weighted by molar-refractivity contribution is 0.988. The van der Waals surface area contributed by atoms with Crippen molar-refractivity contribution in [1.82, 2.24) is 0 Å². The summed E-state index contributed by atoms with van der Waals surface area (Å²) in [7, 11) is 0. The first-order chi connectivity index (χ1) is 3.66. The molecule has 1 radical (unpaired) electrons. The lowest BCUT2D eigenvalue weighted by atomic mass is 10.3. The number of alkyl halides is 3. The van der Waals surface area contributed by atoms with E-state index in [1.54, 1.807) is 6.08 Å². The van der Waals surface area contributed by atoms with Gasteiger partial charge in [-0.3, -0.25) is 0 Å². The topological polar surface area (TPSA) is 0 Å². The summed E-state index contributed by atoms with van der Waals surface area (Å²) in [5.41, 5.74) is 0. The average molecular weight is 306 g/mol. The summed E-state index contributed by atoms with van der Waals surface area (Å²) < 4.78 is 0.346. The van der Waals surface area contributed by atoms with Crippen molar-refractivity contribution in [3.63, 3.8) is 0 Å². The van der Waals surface area contributed by atoms with Gasteiger partial charge in [-0.05, 0) is 6.42 Å². The molecule has 0 amide bonds. The predicted octanol–water partition coefficient (Wildman–Crippen LogP) is 3.25. The van der Waals surface area contributed by atoms with Gasteiger partial charge in [-0.2, -0.15) is 0 Å². The maximum Gasteiger partial charge on any atom is 0.0711 e. The van der Waals surface area contributed by atoms with Gasteiger partial charge in [0.2, 0.25) is 0 Å². The van der Waals surface area contributed by atoms with Crippen LogP contribution in [-0.4, -0.2) is 8.56 Å². The number of allylic oxidation sites excluding steroid dienone is 1. The Morgan fingerprint density at radius 1 is 1.38 bits per heavy atom. The van der Waals surface area contributed by atoms with Gasteiger partial charge in [0.15, 0.2) is 0 Å². The monoisotopic (exact) mass is 303 g/mol. The molecule has 0 aromatic carbocycles. The van der Waals surface area contributed by atoms with Gasteiger partial charge in [-0.1, -0.05) is 60.4 Å². The molecule has 0 N–H and O–H groups in total. The van der Waals surface area contributed by atoms with E-state index in [-0.39, 0.29) is 0 Å². The molecule has 0 nitrogen and oxygen atoms in total. The van der Waals surface area contributed by atoms with Crippen molar-refractivity contribution in [2.24, 2.45) is 0 Å². The fourth-order valence-corrected chi connectivity index (χ4v) is 2.43. The normalized spacial score (nSPS) is 14.0. The van der Waals surface area contributed by atoms with Crippen molar-refractivity contribution < 1.29 is 0 Å². The predicted molar refractivity (Wildman–Crippen MR) is 47.8 cm³/mol. The molecule has 0 aromatic rings. The summed E-state index contributed by atoms with van der Waals surface area (Å²) in [6.45, 7) is 5.21. The number of halogens is 3. The zero-order valence-electron chi connectivity index (χ0n) is 4.15. The van der Waals surface area contributed by atoms with E-state index in [2.05, 4.69) is 47.8 Å². The molecular weight excluding hydrogens is 300 g/mol. The van der Waals surface area contributed by atoms with Gasteiger partial charge in [0.25, 0.3) is 0 Å². The highest BCUT2D eigenvalue weighted by atomic mass is 79.9. The molecule has 0 saturated carbocycles. The fraction of sp³-hybridized carbons (Fsp3) is 0.600. The van der Waals surface area contributed by atoms with Gasteiger partial charge in [-0.15, -0.1) is 0 Å². The van der Waals surface area contributed by atoms with Gasteiger partial charge in [0.05, 0.1) is 3.74 Å². The Labute approximate surface area is 75.1 Å². The molecule has 0 aliphatic heterocycles. The van der Waals surface area contributed by atoms with E-state index in [9.17, 15) is 0 Å². The molecule has 8 heavy (non-hydrogen) atoms. The Hall–Kier alpha value is 1.18. The first-order valence-electron chi connectivity index (χ1n) is 2.14. The number of hydrogen-bond acceptors (Lipinski definition) is 0. The highest BCUT2D eigenvalue weighted by molar-refractivity contribution is 9.24. The third-order valence-corrected chi connectivity index (χ3v) is 2.04. The summed E-state index contributed by atoms with van der Waals surface area (Å²) >= 11 is 9.99. The van der Waals surface area contributed by atoms with Crippen molar-refractivity contribution in [1.29, 1.82) is 0 Å². The highest BCUT2D eigenvalue weighted by Crippen LogP contribution is 2.19. The molecule has 0 aliphatic rings. The minimum atomic E-state index is 0.297. The standard InChI is InChI=1S/C5H6Br3/c1-2-4(6)3-5(7)8/h1-2,4-5H,3H2. The van der Waals surface area contributed by atoms with Gasteiger partial charge < -0.3 is 0 Å². The van der Waals surface area contributed by atoms with E-state index in [1.165, 1.54) is 0 Å². The molecule has 0 aromatic heterocycles. The molecule has 0 bridgehead atoms. The summed E-state index contributed by atoms with van der Waals surface area (Å²) in [4.78, 5) is 0.297. The van der Waals surface area contributed by atoms with Gasteiger partial charge in [0.1, 0.15) is 0 Å². The SMILES string of the molecule is [CH]=CC(Br)CC(Br)Br. The first-order valence-corrected chi connectivity index (χ1v) is 4.88. The van der Waals surface area contributed by atoms with Crippen LogP contribution in [0.5, 0.6) is 0 Å². The summed E-state index contributed by atoms with van der Waals surface area (Å²) in [6.07, 6.45) is 2.58. The van der Waals surface area contributed by atoms with Crippen molar-refractivity contribution in [2.75, 3.05) is 0 Å². The molecule has 0 aliphatic carbocycles. The van der Waals surface area contributed by atoms with Crippen LogP contribution in [0.1, 0.15) is 6.42 Å². The minimum absolute atomic E-state index is 0.297. The molecule has 0 rings (SSSR count). The zero-order chi connectivity index (χ0) is 6.57. The second-order valence-corrected chi connectivity index (χ2v) is 5.95. The van der Waals surface area contributed by atoms with E-state index in [4.69, 9.17) is 6.58 Å². The van der Waals surface area contributed by atoms with Gasteiger partial charge in [0, 0.05) is 4.83 Å². The van der Waals surface area contributed by atoms with E-state index in [0.717, 1.165) is 6.42 Å². The van der Waals surface area contributed by atoms with E-state index in [0.29, 0.717) is 8.56 Å². The Kier molecular flexibility index (Phi) is 5.74. The van der Waals surface area contributed by atoms with E-state index >= 15 is 0 Å². The van der Waals surface area contributed by atoms with E-state index in [1.807, 2.05) is 0 Å². The second kappa shape index (κ2) is 5.00. The van der Waals surface area contributed by atoms with Crippen molar-refractivity contribution in [3.8, 4) is 0 Å². The molecule has 1 atom stereocenters. The van der Waals surface area contributed by atoms with Gasteiger partial charge >= 0.3 is 0 Å². The van der Waals surface area contributed by atoms with Crippen LogP contribution in [0.3, 0.4) is 0 Å². The van der Waals surface area contributed by atoms with Gasteiger partial charge in [-0.25, -0.2) is 0 Å². The second-order valence-electron chi connectivity index (χ2n) is 1.34. The van der Waals surface area contributed by atoms with Crippen LogP contribution in [0.4, 0.5) is 0 Å². The molecule has 3 heteroatoms. The molecule has 47 valence electrons. The van der Waals surface area contributed by atoms with Crippen LogP contribution in [0.15, 0.2) is 6.08 Å². The lowest BCUT2D eigenvalue weighted by Gasteiger charge is -2.02. The van der Waals surface area contributed by atoms with Crippen LogP contribution in [0.25, 0.3) is 0 Å². The molecular formula is C5H6Br3. The largest absolute Gasteiger partial charge is 0.0845 e. The summed E-state index contributed by atoms with van der Waals surface area (Å²) in [6, 6.07) is 0. The van der Waals surface area contributed by atoms with Crippen LogP contribution < -0.4 is 0 Å². The quantitative estimate of drug-likeness (QED) is 0.702. The van der Waals surface area contributed by atoms with E-state index < -0.39 is 0 Å². The first kappa shape index (κ1) is 9.18. The fourth-order valence-electron chi connectivity index (χ4n) is 0.249. The molecule has 0 heterocycles. The van der Waals surface area contributed by atoms with Crippen molar-refractivity contribution in [3.05, 3.63) is 12.7 Å². The van der Waals surface area contributed by atoms with Crippen LogP contribution in [0, 0.1) is 6.58 Å². The van der Waals surface area contributed by atoms with Crippen LogP contribution in [0.2, 0.25) is 0 Å². The lowest BCUT2D eigenvalue weighted by Crippen LogP contribution is -1.96. The average Bonchev–Trinajstić information content (AvgIpc) is 1.65. The number of rotatable bonds is 3. The Balaban J connectivity index is 3.23. The highest BCUT2D eigenvalue weighted by Gasteiger charge is 2.02. The Bertz CT molecular complexity index is 70.1. The molecule has 0 saturated heterocycles. The Morgan fingerprint density at radius 3 is 2.00 bits per heavy atom. The van der Waals surface area contributed by atoms with Crippen LogP contribution >= 0.6 is 47.8 Å². The molecule has 1 unspecified atom stereocenters. The Morgan fingerprint density at radius 2 is 1.88 bits per heavy atom. The minimum Gasteiger partial charge on any atom is -0.0845 e. The number of hydrogen-bond donors (Lipinski definition) is 0. The molecule has 0 fully saturated rings. The van der Waals surface area contributed by atoms with Crippen LogP contribution in [-0.2, 0) is 0 Å². The van der Waals surface area contributed by atoms with Crippen molar-refractivity contribution >= 4 is 47.8 Å². The smallest absolute Gasteiger partial charge is 0.0711 e. The van der Waals surface area contributed by atoms with Crippen molar-refractivity contribution in [2.45, 2.75) is 15.0 Å². The summed E-state index contributed by atoms with van der Waals surface area (Å²) in [5.74, 6) is 0. The third kappa shape index (κ3) is 5.32. The maximum atomic E-state index is 5.21. The zero-order valence-corrected chi connectivity index (χ0v) is 8.91. The third-order valence-electron chi connectivity index (χ3n) is 0.612.